The van der Waals surface area contributed by atoms with Gasteiger partial charge in [-0.25, -0.2) is 14.4 Å². The van der Waals surface area contributed by atoms with Gasteiger partial charge in [-0.15, -0.1) is 0 Å². The van der Waals surface area contributed by atoms with Crippen LogP contribution < -0.4 is 15.4 Å². The number of hydrogen-bond donors (Lipinski definition) is 2. The third kappa shape index (κ3) is 3.71. The second kappa shape index (κ2) is 7.47. The molecule has 0 saturated carbocycles. The number of nitrogens with zero attached hydrogens (tertiary/aromatic N) is 2. The molecule has 1 amide bonds. The van der Waals surface area contributed by atoms with Crippen molar-refractivity contribution in [3.8, 4) is 17.0 Å². The quantitative estimate of drug-likeness (QED) is 0.847. The summed E-state index contributed by atoms with van der Waals surface area (Å²) in [5.74, 6) is 1.01. The largest absolute Gasteiger partial charge is 0.494 e. The zero-order valence-electron chi connectivity index (χ0n) is 16.2. The molecule has 6 nitrogen and oxygen atoms in total. The van der Waals surface area contributed by atoms with Crippen LogP contribution in [0.5, 0.6) is 5.75 Å². The first kappa shape index (κ1) is 18.8. The van der Waals surface area contributed by atoms with E-state index in [0.29, 0.717) is 42.4 Å². The molecule has 2 aromatic rings. The van der Waals surface area contributed by atoms with E-state index in [9.17, 15) is 9.18 Å². The molecule has 2 N–H and O–H groups in total. The molecular formula is C21H25FN4O2. The topological polar surface area (TPSA) is 76.1 Å². The number of amides is 1. The fourth-order valence-electron chi connectivity index (χ4n) is 4.21. The summed E-state index contributed by atoms with van der Waals surface area (Å²) in [6.07, 6.45) is 3.15. The van der Waals surface area contributed by atoms with E-state index in [2.05, 4.69) is 20.6 Å². The summed E-state index contributed by atoms with van der Waals surface area (Å²) in [7, 11) is 0. The number of ether oxygens (including phenoxy) is 1. The van der Waals surface area contributed by atoms with Gasteiger partial charge >= 0.3 is 0 Å². The van der Waals surface area contributed by atoms with Gasteiger partial charge in [0.1, 0.15) is 17.4 Å². The van der Waals surface area contributed by atoms with E-state index in [0.717, 1.165) is 25.0 Å². The number of aromatic nitrogens is 2. The second-order valence-electron chi connectivity index (χ2n) is 7.62. The van der Waals surface area contributed by atoms with Crippen molar-refractivity contribution in [1.29, 1.82) is 0 Å². The van der Waals surface area contributed by atoms with Crippen LogP contribution >= 0.6 is 0 Å². The number of halogens is 1. The Labute approximate surface area is 163 Å². The molecule has 4 rings (SSSR count). The van der Waals surface area contributed by atoms with E-state index in [4.69, 9.17) is 4.74 Å². The third-order valence-corrected chi connectivity index (χ3v) is 5.52. The average Bonchev–Trinajstić information content (AvgIpc) is 3.06. The first-order valence-electron chi connectivity index (χ1n) is 9.81. The van der Waals surface area contributed by atoms with Crippen LogP contribution in [-0.4, -0.2) is 34.6 Å². The number of carbonyl (C=O) groups excluding carboxylic acids is 1. The van der Waals surface area contributed by atoms with Gasteiger partial charge in [0.15, 0.2) is 0 Å². The second-order valence-corrected chi connectivity index (χ2v) is 7.62. The fraction of sp³-hybridized carbons (Fsp3) is 0.476. The molecule has 2 aliphatic heterocycles. The number of rotatable bonds is 4. The maximum atomic E-state index is 14.5. The van der Waals surface area contributed by atoms with Crippen molar-refractivity contribution in [2.75, 3.05) is 13.2 Å². The number of nitrogens with one attached hydrogen (secondary N) is 2. The number of piperidine rings is 1. The van der Waals surface area contributed by atoms with Crippen molar-refractivity contribution in [3.63, 3.8) is 0 Å². The summed E-state index contributed by atoms with van der Waals surface area (Å²) in [4.78, 5) is 21.1. The van der Waals surface area contributed by atoms with E-state index >= 15 is 0 Å². The molecule has 2 atom stereocenters. The Morgan fingerprint density at radius 1 is 1.29 bits per heavy atom. The maximum absolute atomic E-state index is 14.5. The molecule has 2 unspecified atom stereocenters. The van der Waals surface area contributed by atoms with Crippen LogP contribution in [-0.2, 0) is 4.79 Å². The monoisotopic (exact) mass is 384 g/mol. The zero-order valence-corrected chi connectivity index (χ0v) is 16.2. The van der Waals surface area contributed by atoms with Gasteiger partial charge in [-0.05, 0) is 57.4 Å². The number of benzene rings is 1. The Morgan fingerprint density at radius 3 is 2.93 bits per heavy atom. The van der Waals surface area contributed by atoms with Crippen molar-refractivity contribution < 1.29 is 13.9 Å². The van der Waals surface area contributed by atoms with E-state index in [1.807, 2.05) is 13.8 Å². The van der Waals surface area contributed by atoms with Crippen LogP contribution in [0.15, 0.2) is 24.3 Å². The fourth-order valence-corrected chi connectivity index (χ4v) is 4.21. The van der Waals surface area contributed by atoms with Crippen molar-refractivity contribution in [2.24, 2.45) is 0 Å². The van der Waals surface area contributed by atoms with Gasteiger partial charge in [-0.2, -0.15) is 0 Å². The standard InChI is InChI=1S/C21H25FN4O2/c1-3-28-14-4-5-16(22)15(11-14)18-10-13(2)24-20(25-18)17-6-7-21(26-17)8-9-23-19(27)12-21/h4-5,10-11,17,26H,3,6-9,12H2,1-2H3,(H,23,27). The summed E-state index contributed by atoms with van der Waals surface area (Å²) in [5.41, 5.74) is 1.55. The summed E-state index contributed by atoms with van der Waals surface area (Å²) >= 11 is 0. The highest BCUT2D eigenvalue weighted by atomic mass is 19.1. The van der Waals surface area contributed by atoms with Crippen LogP contribution in [0, 0.1) is 12.7 Å². The highest BCUT2D eigenvalue weighted by Crippen LogP contribution is 2.38. The Hall–Kier alpha value is -2.54. The molecule has 1 spiro atoms. The molecule has 2 fully saturated rings. The van der Waals surface area contributed by atoms with Gasteiger partial charge in [0.25, 0.3) is 0 Å². The predicted molar refractivity (Wildman–Crippen MR) is 103 cm³/mol. The van der Waals surface area contributed by atoms with E-state index < -0.39 is 0 Å². The molecular weight excluding hydrogens is 359 g/mol. The summed E-state index contributed by atoms with van der Waals surface area (Å²) in [6.45, 7) is 4.98. The van der Waals surface area contributed by atoms with Gasteiger partial charge in [0.2, 0.25) is 5.91 Å². The Morgan fingerprint density at radius 2 is 2.14 bits per heavy atom. The van der Waals surface area contributed by atoms with E-state index in [1.165, 1.54) is 6.07 Å². The molecule has 0 bridgehead atoms. The van der Waals surface area contributed by atoms with Gasteiger partial charge in [0.05, 0.1) is 18.3 Å². The molecule has 0 radical (unpaired) electrons. The first-order chi connectivity index (χ1) is 13.5. The SMILES string of the molecule is CCOc1ccc(F)c(-c2cc(C)nc(C3CCC4(CCNC(=O)C4)N3)n2)c1. The van der Waals surface area contributed by atoms with Crippen molar-refractivity contribution >= 4 is 5.91 Å². The molecule has 3 heterocycles. The lowest BCUT2D eigenvalue weighted by molar-refractivity contribution is -0.124. The lowest BCUT2D eigenvalue weighted by Gasteiger charge is -2.34. The first-order valence-corrected chi connectivity index (χ1v) is 9.81. The molecule has 148 valence electrons. The zero-order chi connectivity index (χ0) is 19.7. The summed E-state index contributed by atoms with van der Waals surface area (Å²) < 4.78 is 20.0. The van der Waals surface area contributed by atoms with Gasteiger partial charge in [0, 0.05) is 29.8 Å². The van der Waals surface area contributed by atoms with Gasteiger partial charge < -0.3 is 15.4 Å². The molecule has 28 heavy (non-hydrogen) atoms. The number of carbonyl (C=O) groups is 1. The normalized spacial score (nSPS) is 24.4. The highest BCUT2D eigenvalue weighted by molar-refractivity contribution is 5.78. The number of hydrogen-bond acceptors (Lipinski definition) is 5. The lowest BCUT2D eigenvalue weighted by Crippen LogP contribution is -2.51. The molecule has 2 saturated heterocycles. The Bertz CT molecular complexity index is 904. The molecule has 0 aliphatic carbocycles. The van der Waals surface area contributed by atoms with Crippen LogP contribution in [0.3, 0.4) is 0 Å². The minimum Gasteiger partial charge on any atom is -0.494 e. The smallest absolute Gasteiger partial charge is 0.221 e. The summed E-state index contributed by atoms with van der Waals surface area (Å²) in [6, 6.07) is 6.45. The maximum Gasteiger partial charge on any atom is 0.221 e. The van der Waals surface area contributed by atoms with Crippen LogP contribution in [0.2, 0.25) is 0 Å². The Balaban J connectivity index is 1.64. The summed E-state index contributed by atoms with van der Waals surface area (Å²) in [5, 5.41) is 6.49. The number of aryl methyl sites for hydroxylation is 1. The van der Waals surface area contributed by atoms with Crippen LogP contribution in [0.25, 0.3) is 11.3 Å². The molecule has 1 aromatic carbocycles. The lowest BCUT2D eigenvalue weighted by atomic mass is 9.87. The van der Waals surface area contributed by atoms with Crippen molar-refractivity contribution in [2.45, 2.75) is 51.1 Å². The van der Waals surface area contributed by atoms with Gasteiger partial charge in [-0.1, -0.05) is 0 Å². The van der Waals surface area contributed by atoms with E-state index in [-0.39, 0.29) is 23.3 Å². The van der Waals surface area contributed by atoms with E-state index in [1.54, 1.807) is 18.2 Å². The third-order valence-electron chi connectivity index (χ3n) is 5.52. The minimum atomic E-state index is -0.340. The van der Waals surface area contributed by atoms with Crippen molar-refractivity contribution in [1.82, 2.24) is 20.6 Å². The Kier molecular flexibility index (Phi) is 5.02. The molecule has 7 heteroatoms. The molecule has 2 aliphatic rings. The molecule has 1 aromatic heterocycles. The highest BCUT2D eigenvalue weighted by Gasteiger charge is 2.43. The van der Waals surface area contributed by atoms with Gasteiger partial charge in [-0.3, -0.25) is 4.79 Å². The average molecular weight is 384 g/mol. The van der Waals surface area contributed by atoms with Crippen LogP contribution in [0.4, 0.5) is 4.39 Å². The van der Waals surface area contributed by atoms with Crippen molar-refractivity contribution in [3.05, 3.63) is 41.6 Å². The minimum absolute atomic E-state index is 0.0392. The predicted octanol–water partition coefficient (Wildman–Crippen LogP) is 3.06. The van der Waals surface area contributed by atoms with Crippen LogP contribution in [0.1, 0.15) is 50.2 Å².